The van der Waals surface area contributed by atoms with Crippen LogP contribution in [0.15, 0.2) is 24.3 Å². The number of rotatable bonds is 7. The largest absolute Gasteiger partial charge is 0.381 e. The molecule has 174 valence electrons. The van der Waals surface area contributed by atoms with E-state index in [1.165, 1.54) is 0 Å². The van der Waals surface area contributed by atoms with Crippen LogP contribution in [0, 0.1) is 11.3 Å². The van der Waals surface area contributed by atoms with Crippen molar-refractivity contribution >= 4 is 28.6 Å². The van der Waals surface area contributed by atoms with Gasteiger partial charge in [0.25, 0.3) is 5.91 Å². The molecule has 2 aromatic rings. The minimum Gasteiger partial charge on any atom is -0.381 e. The SMILES string of the molecule is CC(C)(C)[C@](C)(NC(=O)c1nn(CC2CCOCC2)c2ccccc12)C(=O)NCC(N)=O. The molecule has 1 aromatic carbocycles. The number of nitrogens with two attached hydrogens (primary N) is 1. The molecule has 9 heteroatoms. The molecule has 9 nitrogen and oxygen atoms in total. The Labute approximate surface area is 188 Å². The van der Waals surface area contributed by atoms with Crippen LogP contribution in [-0.4, -0.2) is 52.8 Å². The highest BCUT2D eigenvalue weighted by atomic mass is 16.5. The maximum Gasteiger partial charge on any atom is 0.273 e. The average Bonchev–Trinajstić information content (AvgIpc) is 3.10. The van der Waals surface area contributed by atoms with E-state index < -0.39 is 28.7 Å². The lowest BCUT2D eigenvalue weighted by molar-refractivity contribution is -0.132. The molecule has 1 aromatic heterocycles. The molecule has 1 aliphatic rings. The van der Waals surface area contributed by atoms with Crippen molar-refractivity contribution in [3.05, 3.63) is 30.0 Å². The Kier molecular flexibility index (Phi) is 6.88. The van der Waals surface area contributed by atoms with E-state index in [0.717, 1.165) is 37.0 Å². The first kappa shape index (κ1) is 23.7. The molecule has 0 radical (unpaired) electrons. The molecule has 4 N–H and O–H groups in total. The van der Waals surface area contributed by atoms with Crippen molar-refractivity contribution in [2.24, 2.45) is 17.1 Å². The van der Waals surface area contributed by atoms with Gasteiger partial charge >= 0.3 is 0 Å². The normalized spacial score (nSPS) is 17.0. The number of para-hydroxylation sites is 1. The van der Waals surface area contributed by atoms with Crippen LogP contribution in [0.3, 0.4) is 0 Å². The highest BCUT2D eigenvalue weighted by Crippen LogP contribution is 2.31. The molecule has 0 bridgehead atoms. The van der Waals surface area contributed by atoms with Crippen molar-refractivity contribution in [3.8, 4) is 0 Å². The zero-order valence-corrected chi connectivity index (χ0v) is 19.2. The van der Waals surface area contributed by atoms with Crippen molar-refractivity contribution in [1.29, 1.82) is 0 Å². The van der Waals surface area contributed by atoms with Gasteiger partial charge in [-0.3, -0.25) is 19.1 Å². The molecule has 1 aliphatic heterocycles. The minimum absolute atomic E-state index is 0.269. The zero-order chi connectivity index (χ0) is 23.5. The third kappa shape index (κ3) is 4.93. The highest BCUT2D eigenvalue weighted by molar-refractivity contribution is 6.07. The maximum absolute atomic E-state index is 13.4. The summed E-state index contributed by atoms with van der Waals surface area (Å²) in [6.07, 6.45) is 1.91. The molecular formula is C23H33N5O4. The van der Waals surface area contributed by atoms with E-state index in [-0.39, 0.29) is 12.2 Å². The number of aromatic nitrogens is 2. The topological polar surface area (TPSA) is 128 Å². The quantitative estimate of drug-likeness (QED) is 0.599. The lowest BCUT2D eigenvalue weighted by Gasteiger charge is -2.40. The molecule has 0 spiro atoms. The first-order valence-corrected chi connectivity index (χ1v) is 11.0. The van der Waals surface area contributed by atoms with Crippen LogP contribution in [0.4, 0.5) is 0 Å². The molecule has 1 fully saturated rings. The third-order valence-electron chi connectivity index (χ3n) is 6.39. The summed E-state index contributed by atoms with van der Waals surface area (Å²) in [5.41, 5.74) is 4.36. The Morgan fingerprint density at radius 3 is 2.44 bits per heavy atom. The molecule has 1 atom stereocenters. The maximum atomic E-state index is 13.4. The lowest BCUT2D eigenvalue weighted by Crippen LogP contribution is -2.64. The van der Waals surface area contributed by atoms with Crippen LogP contribution >= 0.6 is 0 Å². The van der Waals surface area contributed by atoms with Gasteiger partial charge in [-0.25, -0.2) is 0 Å². The van der Waals surface area contributed by atoms with Crippen molar-refractivity contribution in [3.63, 3.8) is 0 Å². The number of nitrogens with one attached hydrogen (secondary N) is 2. The second-order valence-corrected chi connectivity index (χ2v) is 9.58. The monoisotopic (exact) mass is 443 g/mol. The van der Waals surface area contributed by atoms with Gasteiger partial charge in [-0.2, -0.15) is 5.10 Å². The number of carbonyl (C=O) groups excluding carboxylic acids is 3. The number of benzene rings is 1. The summed E-state index contributed by atoms with van der Waals surface area (Å²) in [6, 6.07) is 7.59. The predicted octanol–water partition coefficient (Wildman–Crippen LogP) is 1.60. The van der Waals surface area contributed by atoms with Crippen molar-refractivity contribution < 1.29 is 19.1 Å². The van der Waals surface area contributed by atoms with Crippen LogP contribution in [-0.2, 0) is 20.9 Å². The summed E-state index contributed by atoms with van der Waals surface area (Å²) in [6.45, 7) is 9.05. The second-order valence-electron chi connectivity index (χ2n) is 9.58. The van der Waals surface area contributed by atoms with E-state index in [1.807, 2.05) is 49.7 Å². The number of carbonyl (C=O) groups is 3. The number of primary amides is 1. The van der Waals surface area contributed by atoms with Gasteiger partial charge in [-0.1, -0.05) is 39.0 Å². The standard InChI is InChI=1S/C23H33N5O4/c1-22(2,3)23(4,21(31)25-13-18(24)29)26-20(30)19-16-7-5-6-8-17(16)28(27-19)14-15-9-11-32-12-10-15/h5-8,15H,9-14H2,1-4H3,(H2,24,29)(H,25,31)(H,26,30)/t23-/m1/s1. The zero-order valence-electron chi connectivity index (χ0n) is 19.2. The molecule has 0 aliphatic carbocycles. The Balaban J connectivity index is 1.90. The lowest BCUT2D eigenvalue weighted by atomic mass is 9.74. The fraction of sp³-hybridized carbons (Fsp3) is 0.565. The molecule has 0 unspecified atom stereocenters. The van der Waals surface area contributed by atoms with E-state index in [1.54, 1.807) is 6.92 Å². The number of hydrogen-bond donors (Lipinski definition) is 3. The second kappa shape index (κ2) is 9.28. The Morgan fingerprint density at radius 2 is 1.81 bits per heavy atom. The summed E-state index contributed by atoms with van der Waals surface area (Å²) in [7, 11) is 0. The molecule has 32 heavy (non-hydrogen) atoms. The van der Waals surface area contributed by atoms with Gasteiger partial charge in [-0.05, 0) is 37.2 Å². The Morgan fingerprint density at radius 1 is 1.16 bits per heavy atom. The number of amides is 3. The summed E-state index contributed by atoms with van der Waals surface area (Å²) in [5, 5.41) is 10.8. The van der Waals surface area contributed by atoms with E-state index in [0.29, 0.717) is 12.5 Å². The van der Waals surface area contributed by atoms with E-state index in [2.05, 4.69) is 15.7 Å². The summed E-state index contributed by atoms with van der Waals surface area (Å²) in [5.74, 6) is -1.15. The fourth-order valence-electron chi connectivity index (χ4n) is 3.82. The van der Waals surface area contributed by atoms with Crippen LogP contribution in [0.5, 0.6) is 0 Å². The van der Waals surface area contributed by atoms with Gasteiger partial charge in [0.2, 0.25) is 11.8 Å². The Bertz CT molecular complexity index is 1000. The summed E-state index contributed by atoms with van der Waals surface area (Å²) >= 11 is 0. The summed E-state index contributed by atoms with van der Waals surface area (Å²) in [4.78, 5) is 37.5. The van der Waals surface area contributed by atoms with E-state index in [4.69, 9.17) is 10.5 Å². The number of ether oxygens (including phenoxy) is 1. The molecular weight excluding hydrogens is 410 g/mol. The van der Waals surface area contributed by atoms with E-state index >= 15 is 0 Å². The number of fused-ring (bicyclic) bond motifs is 1. The fourth-order valence-corrected chi connectivity index (χ4v) is 3.82. The minimum atomic E-state index is -1.30. The number of hydrogen-bond acceptors (Lipinski definition) is 5. The van der Waals surface area contributed by atoms with Crippen LogP contribution in [0.2, 0.25) is 0 Å². The molecule has 0 saturated carbocycles. The average molecular weight is 444 g/mol. The predicted molar refractivity (Wildman–Crippen MR) is 121 cm³/mol. The van der Waals surface area contributed by atoms with Gasteiger partial charge in [0, 0.05) is 25.1 Å². The van der Waals surface area contributed by atoms with Crippen LogP contribution < -0.4 is 16.4 Å². The van der Waals surface area contributed by atoms with Crippen LogP contribution in [0.25, 0.3) is 10.9 Å². The Hall–Kier alpha value is -2.94. The molecule has 3 rings (SSSR count). The van der Waals surface area contributed by atoms with Gasteiger partial charge in [0.15, 0.2) is 5.69 Å². The van der Waals surface area contributed by atoms with Gasteiger partial charge < -0.3 is 21.1 Å². The van der Waals surface area contributed by atoms with Crippen molar-refractivity contribution in [2.45, 2.75) is 52.6 Å². The highest BCUT2D eigenvalue weighted by Gasteiger charge is 2.46. The smallest absolute Gasteiger partial charge is 0.273 e. The first-order valence-electron chi connectivity index (χ1n) is 11.0. The first-order chi connectivity index (χ1) is 15.0. The molecule has 1 saturated heterocycles. The van der Waals surface area contributed by atoms with Crippen molar-refractivity contribution in [1.82, 2.24) is 20.4 Å². The third-order valence-corrected chi connectivity index (χ3v) is 6.39. The number of nitrogens with zero attached hydrogens (tertiary/aromatic N) is 2. The van der Waals surface area contributed by atoms with Crippen molar-refractivity contribution in [2.75, 3.05) is 19.8 Å². The van der Waals surface area contributed by atoms with Gasteiger partial charge in [-0.15, -0.1) is 0 Å². The molecule has 2 heterocycles. The van der Waals surface area contributed by atoms with Gasteiger partial charge in [0.05, 0.1) is 12.1 Å². The molecule has 3 amide bonds. The summed E-state index contributed by atoms with van der Waals surface area (Å²) < 4.78 is 7.33. The van der Waals surface area contributed by atoms with Crippen LogP contribution in [0.1, 0.15) is 51.0 Å². The van der Waals surface area contributed by atoms with E-state index in [9.17, 15) is 14.4 Å². The van der Waals surface area contributed by atoms with Gasteiger partial charge in [0.1, 0.15) is 5.54 Å².